The minimum absolute atomic E-state index is 0.691. The quantitative estimate of drug-likeness (QED) is 0.820. The molecule has 0 aromatic heterocycles. The van der Waals surface area contributed by atoms with Crippen LogP contribution in [0.1, 0.15) is 36.0 Å². The zero-order chi connectivity index (χ0) is 12.3. The van der Waals surface area contributed by atoms with E-state index in [1.165, 1.54) is 53.8 Å². The molecule has 1 saturated heterocycles. The van der Waals surface area contributed by atoms with Gasteiger partial charge in [-0.05, 0) is 68.7 Å². The smallest absolute Gasteiger partial charge is 0.0108 e. The van der Waals surface area contributed by atoms with Gasteiger partial charge in [-0.25, -0.2) is 0 Å². The Kier molecular flexibility index (Phi) is 4.52. The number of aryl methyl sites for hydroxylation is 2. The lowest BCUT2D eigenvalue weighted by molar-refractivity contribution is 0.398. The standard InChI is InChI=1S/C15H23NS/c1-11-8-13(15(17-3)9-12(11)2)10-14-6-4-5-7-16-14/h8-9,14,16H,4-7,10H2,1-3H3. The number of rotatable bonds is 3. The lowest BCUT2D eigenvalue weighted by atomic mass is 9.96. The van der Waals surface area contributed by atoms with E-state index in [0.717, 1.165) is 0 Å². The average Bonchev–Trinajstić information content (AvgIpc) is 2.35. The second-order valence-electron chi connectivity index (χ2n) is 5.10. The van der Waals surface area contributed by atoms with Gasteiger partial charge in [0.25, 0.3) is 0 Å². The van der Waals surface area contributed by atoms with Gasteiger partial charge >= 0.3 is 0 Å². The molecule has 2 heteroatoms. The van der Waals surface area contributed by atoms with Crippen LogP contribution in [0.5, 0.6) is 0 Å². The van der Waals surface area contributed by atoms with Crippen molar-refractivity contribution in [2.24, 2.45) is 0 Å². The highest BCUT2D eigenvalue weighted by molar-refractivity contribution is 7.98. The van der Waals surface area contributed by atoms with Gasteiger partial charge < -0.3 is 5.32 Å². The van der Waals surface area contributed by atoms with Crippen LogP contribution in [0.25, 0.3) is 0 Å². The highest BCUT2D eigenvalue weighted by Gasteiger charge is 2.15. The number of hydrogen-bond donors (Lipinski definition) is 1. The molecule has 0 spiro atoms. The van der Waals surface area contributed by atoms with Crippen molar-refractivity contribution in [1.29, 1.82) is 0 Å². The molecule has 1 aliphatic rings. The molecule has 0 aliphatic carbocycles. The second kappa shape index (κ2) is 5.92. The van der Waals surface area contributed by atoms with E-state index in [4.69, 9.17) is 0 Å². The topological polar surface area (TPSA) is 12.0 Å². The number of benzene rings is 1. The Morgan fingerprint density at radius 1 is 1.24 bits per heavy atom. The monoisotopic (exact) mass is 249 g/mol. The first-order valence-electron chi connectivity index (χ1n) is 6.58. The van der Waals surface area contributed by atoms with Gasteiger partial charge in [-0.15, -0.1) is 11.8 Å². The molecule has 0 saturated carbocycles. The van der Waals surface area contributed by atoms with E-state index in [1.54, 1.807) is 0 Å². The molecule has 1 atom stereocenters. The molecule has 1 nitrogen and oxygen atoms in total. The Balaban J connectivity index is 2.15. The van der Waals surface area contributed by atoms with Gasteiger partial charge in [0.05, 0.1) is 0 Å². The van der Waals surface area contributed by atoms with Crippen molar-refractivity contribution in [2.45, 2.75) is 50.5 Å². The van der Waals surface area contributed by atoms with Crippen molar-refractivity contribution < 1.29 is 0 Å². The number of thioether (sulfide) groups is 1. The molecule has 17 heavy (non-hydrogen) atoms. The third kappa shape index (κ3) is 3.26. The summed E-state index contributed by atoms with van der Waals surface area (Å²) in [5.41, 5.74) is 4.36. The minimum Gasteiger partial charge on any atom is -0.314 e. The van der Waals surface area contributed by atoms with Gasteiger partial charge in [0, 0.05) is 10.9 Å². The lowest BCUT2D eigenvalue weighted by Gasteiger charge is -2.24. The maximum absolute atomic E-state index is 3.64. The van der Waals surface area contributed by atoms with Crippen molar-refractivity contribution in [3.63, 3.8) is 0 Å². The summed E-state index contributed by atoms with van der Waals surface area (Å²) < 4.78 is 0. The van der Waals surface area contributed by atoms with E-state index in [2.05, 4.69) is 37.6 Å². The summed E-state index contributed by atoms with van der Waals surface area (Å²) in [7, 11) is 0. The van der Waals surface area contributed by atoms with E-state index in [9.17, 15) is 0 Å². The van der Waals surface area contributed by atoms with E-state index >= 15 is 0 Å². The van der Waals surface area contributed by atoms with Crippen LogP contribution in [-0.2, 0) is 6.42 Å². The van der Waals surface area contributed by atoms with Crippen molar-refractivity contribution in [3.05, 3.63) is 28.8 Å². The fraction of sp³-hybridized carbons (Fsp3) is 0.600. The Morgan fingerprint density at radius 3 is 2.65 bits per heavy atom. The van der Waals surface area contributed by atoms with Crippen LogP contribution in [0.4, 0.5) is 0 Å². The number of piperidine rings is 1. The third-order valence-electron chi connectivity index (χ3n) is 3.78. The molecular weight excluding hydrogens is 226 g/mol. The van der Waals surface area contributed by atoms with Crippen LogP contribution in [0.3, 0.4) is 0 Å². The average molecular weight is 249 g/mol. The van der Waals surface area contributed by atoms with Crippen molar-refractivity contribution >= 4 is 11.8 Å². The Hall–Kier alpha value is -0.470. The summed E-state index contributed by atoms with van der Waals surface area (Å²) in [6.45, 7) is 5.62. The first-order valence-corrected chi connectivity index (χ1v) is 7.80. The SMILES string of the molecule is CSc1cc(C)c(C)cc1CC1CCCCN1. The fourth-order valence-electron chi connectivity index (χ4n) is 2.56. The molecule has 1 aromatic rings. The number of nitrogens with one attached hydrogen (secondary N) is 1. The summed E-state index contributed by atoms with van der Waals surface area (Å²) in [4.78, 5) is 1.46. The van der Waals surface area contributed by atoms with Crippen molar-refractivity contribution in [3.8, 4) is 0 Å². The van der Waals surface area contributed by atoms with Gasteiger partial charge in [-0.2, -0.15) is 0 Å². The summed E-state index contributed by atoms with van der Waals surface area (Å²) in [6, 6.07) is 5.42. The maximum Gasteiger partial charge on any atom is 0.0108 e. The van der Waals surface area contributed by atoms with E-state index in [-0.39, 0.29) is 0 Å². The van der Waals surface area contributed by atoms with Crippen LogP contribution < -0.4 is 5.32 Å². The summed E-state index contributed by atoms with van der Waals surface area (Å²) in [6.07, 6.45) is 7.44. The van der Waals surface area contributed by atoms with E-state index in [1.807, 2.05) is 11.8 Å². The third-order valence-corrected chi connectivity index (χ3v) is 4.60. The van der Waals surface area contributed by atoms with Crippen LogP contribution in [0.2, 0.25) is 0 Å². The highest BCUT2D eigenvalue weighted by Crippen LogP contribution is 2.26. The van der Waals surface area contributed by atoms with E-state index < -0.39 is 0 Å². The van der Waals surface area contributed by atoms with Crippen LogP contribution >= 0.6 is 11.8 Å². The van der Waals surface area contributed by atoms with Crippen LogP contribution in [0, 0.1) is 13.8 Å². The lowest BCUT2D eigenvalue weighted by Crippen LogP contribution is -2.35. The van der Waals surface area contributed by atoms with Crippen LogP contribution in [0.15, 0.2) is 17.0 Å². The zero-order valence-electron chi connectivity index (χ0n) is 11.2. The molecule has 1 fully saturated rings. The molecule has 0 radical (unpaired) electrons. The second-order valence-corrected chi connectivity index (χ2v) is 5.95. The summed E-state index contributed by atoms with van der Waals surface area (Å²) >= 11 is 1.88. The zero-order valence-corrected chi connectivity index (χ0v) is 12.0. The number of hydrogen-bond acceptors (Lipinski definition) is 2. The fourth-order valence-corrected chi connectivity index (χ4v) is 3.26. The summed E-state index contributed by atoms with van der Waals surface area (Å²) in [5.74, 6) is 0. The molecule has 1 heterocycles. The predicted octanol–water partition coefficient (Wildman–Crippen LogP) is 3.71. The first kappa shape index (κ1) is 13.0. The molecule has 1 aromatic carbocycles. The minimum atomic E-state index is 0.691. The maximum atomic E-state index is 3.64. The Labute approximate surface area is 109 Å². The molecule has 0 bridgehead atoms. The molecule has 2 rings (SSSR count). The molecule has 0 amide bonds. The Morgan fingerprint density at radius 2 is 2.00 bits per heavy atom. The van der Waals surface area contributed by atoms with Crippen molar-refractivity contribution in [2.75, 3.05) is 12.8 Å². The molecule has 94 valence electrons. The Bertz CT molecular complexity index is 381. The van der Waals surface area contributed by atoms with Crippen LogP contribution in [-0.4, -0.2) is 18.8 Å². The first-order chi connectivity index (χ1) is 8.20. The van der Waals surface area contributed by atoms with Gasteiger partial charge in [0.1, 0.15) is 0 Å². The van der Waals surface area contributed by atoms with Gasteiger partial charge in [0.15, 0.2) is 0 Å². The largest absolute Gasteiger partial charge is 0.314 e. The van der Waals surface area contributed by atoms with Crippen molar-refractivity contribution in [1.82, 2.24) is 5.32 Å². The molecule has 1 N–H and O–H groups in total. The van der Waals surface area contributed by atoms with Gasteiger partial charge in [0.2, 0.25) is 0 Å². The van der Waals surface area contributed by atoms with Gasteiger partial charge in [-0.1, -0.05) is 12.5 Å². The normalized spacial score (nSPS) is 20.5. The molecule has 1 aliphatic heterocycles. The summed E-state index contributed by atoms with van der Waals surface area (Å²) in [5, 5.41) is 3.64. The van der Waals surface area contributed by atoms with E-state index in [0.29, 0.717) is 6.04 Å². The molecular formula is C15H23NS. The predicted molar refractivity (Wildman–Crippen MR) is 77.0 cm³/mol. The van der Waals surface area contributed by atoms with Gasteiger partial charge in [-0.3, -0.25) is 0 Å². The molecule has 1 unspecified atom stereocenters. The highest BCUT2D eigenvalue weighted by atomic mass is 32.2.